The van der Waals surface area contributed by atoms with E-state index in [1.165, 1.54) is 12.3 Å². The Morgan fingerprint density at radius 1 is 1.04 bits per heavy atom. The van der Waals surface area contributed by atoms with Crippen molar-refractivity contribution >= 4 is 17.5 Å². The van der Waals surface area contributed by atoms with Crippen LogP contribution in [0.5, 0.6) is 5.75 Å². The third kappa shape index (κ3) is 4.87. The first-order valence-electron chi connectivity index (χ1n) is 8.09. The number of halogens is 3. The van der Waals surface area contributed by atoms with Crippen molar-refractivity contribution in [3.05, 3.63) is 71.9 Å². The summed E-state index contributed by atoms with van der Waals surface area (Å²) in [6.45, 7) is 0.441. The average Bonchev–Trinajstić information content (AvgIpc) is 2.66. The number of methoxy groups -OCH3 is 1. The third-order valence-electron chi connectivity index (χ3n) is 3.75. The molecule has 0 atom stereocenters. The number of benzene rings is 2. The normalized spacial score (nSPS) is 11.1. The van der Waals surface area contributed by atoms with E-state index >= 15 is 0 Å². The molecule has 0 aliphatic carbocycles. The topological polar surface area (TPSA) is 59.1 Å². The van der Waals surface area contributed by atoms with E-state index < -0.39 is 11.7 Å². The Bertz CT molecular complexity index is 915. The lowest BCUT2D eigenvalue weighted by molar-refractivity contribution is -0.137. The molecule has 0 saturated carbocycles. The number of rotatable bonds is 6. The number of nitrogens with one attached hydrogen (secondary N) is 2. The quantitative estimate of drug-likeness (QED) is 0.645. The highest BCUT2D eigenvalue weighted by Crippen LogP contribution is 2.31. The van der Waals surface area contributed by atoms with E-state index in [0.717, 1.165) is 23.4 Å². The van der Waals surface area contributed by atoms with Crippen LogP contribution in [0.4, 0.5) is 30.6 Å². The molecule has 8 heteroatoms. The van der Waals surface area contributed by atoms with E-state index in [2.05, 4.69) is 20.6 Å². The molecule has 3 rings (SSSR count). The summed E-state index contributed by atoms with van der Waals surface area (Å²) in [7, 11) is 1.59. The number of alkyl halides is 3. The van der Waals surface area contributed by atoms with Crippen LogP contribution in [0.2, 0.25) is 0 Å². The number of aromatic nitrogens is 2. The molecule has 0 aliphatic heterocycles. The predicted octanol–water partition coefficient (Wildman–Crippen LogP) is 4.86. The minimum Gasteiger partial charge on any atom is -0.496 e. The highest BCUT2D eigenvalue weighted by atomic mass is 19.4. The van der Waals surface area contributed by atoms with Crippen molar-refractivity contribution in [3.63, 3.8) is 0 Å². The van der Waals surface area contributed by atoms with Gasteiger partial charge in [0.25, 0.3) is 0 Å². The van der Waals surface area contributed by atoms with Crippen LogP contribution >= 0.6 is 0 Å². The molecule has 1 aromatic heterocycles. The summed E-state index contributed by atoms with van der Waals surface area (Å²) in [4.78, 5) is 8.40. The molecule has 0 spiro atoms. The van der Waals surface area contributed by atoms with Gasteiger partial charge in [0, 0.05) is 24.0 Å². The third-order valence-corrected chi connectivity index (χ3v) is 3.75. The van der Waals surface area contributed by atoms with Crippen LogP contribution in [-0.2, 0) is 12.7 Å². The Morgan fingerprint density at radius 2 is 1.85 bits per heavy atom. The maximum Gasteiger partial charge on any atom is 0.416 e. The smallest absolute Gasteiger partial charge is 0.416 e. The van der Waals surface area contributed by atoms with Crippen molar-refractivity contribution < 1.29 is 17.9 Å². The molecule has 0 aliphatic rings. The highest BCUT2D eigenvalue weighted by molar-refractivity contribution is 5.58. The minimum atomic E-state index is -4.40. The Morgan fingerprint density at radius 3 is 2.63 bits per heavy atom. The molecule has 0 radical (unpaired) electrons. The first-order valence-corrected chi connectivity index (χ1v) is 8.09. The zero-order valence-corrected chi connectivity index (χ0v) is 14.4. The lowest BCUT2D eigenvalue weighted by atomic mass is 10.2. The number of anilines is 3. The number of hydrogen-bond donors (Lipinski definition) is 2. The van der Waals surface area contributed by atoms with Crippen molar-refractivity contribution in [2.75, 3.05) is 17.7 Å². The fourth-order valence-corrected chi connectivity index (χ4v) is 2.46. The number of hydrogen-bond acceptors (Lipinski definition) is 5. The van der Waals surface area contributed by atoms with E-state index in [9.17, 15) is 13.2 Å². The van der Waals surface area contributed by atoms with E-state index in [0.29, 0.717) is 24.0 Å². The van der Waals surface area contributed by atoms with Crippen LogP contribution in [-0.4, -0.2) is 17.1 Å². The average molecular weight is 374 g/mol. The van der Waals surface area contributed by atoms with Gasteiger partial charge in [-0.25, -0.2) is 4.98 Å². The number of ether oxygens (including phenoxy) is 1. The standard InChI is InChI=1S/C19H17F3N4O/c1-27-16-8-3-2-5-13(16)12-24-18-23-10-9-17(26-18)25-15-7-4-6-14(11-15)19(20,21)22/h2-11H,12H2,1H3,(H2,23,24,25,26). The van der Waals surface area contributed by atoms with Crippen LogP contribution in [0, 0.1) is 0 Å². The molecule has 2 aromatic carbocycles. The first-order chi connectivity index (χ1) is 13.0. The van der Waals surface area contributed by atoms with Gasteiger partial charge >= 0.3 is 6.18 Å². The van der Waals surface area contributed by atoms with Crippen LogP contribution in [0.3, 0.4) is 0 Å². The van der Waals surface area contributed by atoms with E-state index in [1.807, 2.05) is 24.3 Å². The predicted molar refractivity (Wildman–Crippen MR) is 97.1 cm³/mol. The van der Waals surface area contributed by atoms with Gasteiger partial charge < -0.3 is 15.4 Å². The molecule has 3 aromatic rings. The summed E-state index contributed by atoms with van der Waals surface area (Å²) in [6.07, 6.45) is -2.88. The molecule has 0 amide bonds. The maximum atomic E-state index is 12.8. The van der Waals surface area contributed by atoms with Crippen LogP contribution in [0.1, 0.15) is 11.1 Å². The van der Waals surface area contributed by atoms with E-state index in [4.69, 9.17) is 4.74 Å². The molecule has 0 unspecified atom stereocenters. The second kappa shape index (κ2) is 7.94. The second-order valence-electron chi connectivity index (χ2n) is 5.63. The summed E-state index contributed by atoms with van der Waals surface area (Å²) in [5, 5.41) is 5.94. The summed E-state index contributed by atoms with van der Waals surface area (Å²) >= 11 is 0. The summed E-state index contributed by atoms with van der Waals surface area (Å²) in [5.74, 6) is 1.47. The van der Waals surface area contributed by atoms with Crippen LogP contribution in [0.15, 0.2) is 60.8 Å². The minimum absolute atomic E-state index is 0.291. The largest absolute Gasteiger partial charge is 0.496 e. The number of nitrogens with zero attached hydrogens (tertiary/aromatic N) is 2. The molecule has 2 N–H and O–H groups in total. The van der Waals surface area contributed by atoms with E-state index in [-0.39, 0.29) is 0 Å². The van der Waals surface area contributed by atoms with Gasteiger partial charge in [-0.3, -0.25) is 0 Å². The fourth-order valence-electron chi connectivity index (χ4n) is 2.46. The van der Waals surface area contributed by atoms with Gasteiger partial charge in [0.05, 0.1) is 12.7 Å². The molecule has 140 valence electrons. The van der Waals surface area contributed by atoms with Crippen molar-refractivity contribution in [3.8, 4) is 5.75 Å². The zero-order chi connectivity index (χ0) is 19.3. The SMILES string of the molecule is COc1ccccc1CNc1nccc(Nc2cccc(C(F)(F)F)c2)n1. The molecular weight excluding hydrogens is 357 g/mol. The molecule has 1 heterocycles. The van der Waals surface area contributed by atoms with E-state index in [1.54, 1.807) is 19.2 Å². The van der Waals surface area contributed by atoms with Crippen molar-refractivity contribution in [1.29, 1.82) is 0 Å². The summed E-state index contributed by atoms with van der Waals surface area (Å²) in [6, 6.07) is 14.0. The van der Waals surface area contributed by atoms with Crippen LogP contribution in [0.25, 0.3) is 0 Å². The first kappa shape index (κ1) is 18.5. The van der Waals surface area contributed by atoms with Crippen LogP contribution < -0.4 is 15.4 Å². The van der Waals surface area contributed by atoms with Gasteiger partial charge in [0.1, 0.15) is 11.6 Å². The zero-order valence-electron chi connectivity index (χ0n) is 14.4. The second-order valence-corrected chi connectivity index (χ2v) is 5.63. The van der Waals surface area contributed by atoms with Crippen molar-refractivity contribution in [2.45, 2.75) is 12.7 Å². The molecule has 0 fully saturated rings. The fraction of sp³-hybridized carbons (Fsp3) is 0.158. The van der Waals surface area contributed by atoms with Gasteiger partial charge in [0.2, 0.25) is 5.95 Å². The van der Waals surface area contributed by atoms with Gasteiger partial charge in [-0.1, -0.05) is 24.3 Å². The molecular formula is C19H17F3N4O. The monoisotopic (exact) mass is 374 g/mol. The van der Waals surface area contributed by atoms with Crippen molar-refractivity contribution in [1.82, 2.24) is 9.97 Å². The molecule has 0 saturated heterocycles. The Hall–Kier alpha value is -3.29. The summed E-state index contributed by atoms with van der Waals surface area (Å²) in [5.41, 5.74) is 0.495. The Kier molecular flexibility index (Phi) is 5.44. The van der Waals surface area contributed by atoms with Gasteiger partial charge in [-0.15, -0.1) is 0 Å². The van der Waals surface area contributed by atoms with Gasteiger partial charge in [-0.2, -0.15) is 18.2 Å². The van der Waals surface area contributed by atoms with Gasteiger partial charge in [-0.05, 0) is 30.3 Å². The molecule has 5 nitrogen and oxygen atoms in total. The number of para-hydroxylation sites is 1. The lowest BCUT2D eigenvalue weighted by Crippen LogP contribution is -2.07. The lowest BCUT2D eigenvalue weighted by Gasteiger charge is -2.12. The van der Waals surface area contributed by atoms with Crippen molar-refractivity contribution in [2.24, 2.45) is 0 Å². The summed E-state index contributed by atoms with van der Waals surface area (Å²) < 4.78 is 43.8. The Balaban J connectivity index is 1.71. The highest BCUT2D eigenvalue weighted by Gasteiger charge is 2.30. The molecule has 27 heavy (non-hydrogen) atoms. The Labute approximate surface area is 154 Å². The maximum absolute atomic E-state index is 12.8. The molecule has 0 bridgehead atoms. The van der Waals surface area contributed by atoms with Gasteiger partial charge in [0.15, 0.2) is 0 Å².